The maximum absolute atomic E-state index is 11.7. The second-order valence-electron chi connectivity index (χ2n) is 5.14. The minimum atomic E-state index is -0.518. The third kappa shape index (κ3) is 3.38. The molecule has 2 rings (SSSR count). The molecule has 0 aliphatic rings. The molecule has 2 aromatic carbocycles. The number of hydrogen-bond donors (Lipinski definition) is 2. The number of hydrogen-bond acceptors (Lipinski definition) is 4. The van der Waals surface area contributed by atoms with Crippen LogP contribution in [-0.4, -0.2) is 27.3 Å². The quantitative estimate of drug-likeness (QED) is 0.910. The highest BCUT2D eigenvalue weighted by Crippen LogP contribution is 2.34. The predicted molar refractivity (Wildman–Crippen MR) is 89.3 cm³/mol. The Balaban J connectivity index is 2.50. The molecule has 116 valence electrons. The van der Waals surface area contributed by atoms with Gasteiger partial charge in [-0.25, -0.2) is 4.79 Å². The molecule has 3 N–H and O–H groups in total. The van der Waals surface area contributed by atoms with E-state index < -0.39 is 6.09 Å². The number of nitrogens with two attached hydrogens (primary N) is 1. The minimum absolute atomic E-state index is 0.340. The number of anilines is 2. The number of carbonyl (C=O) groups is 1. The van der Waals surface area contributed by atoms with E-state index in [0.29, 0.717) is 5.69 Å². The van der Waals surface area contributed by atoms with Gasteiger partial charge in [-0.15, -0.1) is 0 Å². The summed E-state index contributed by atoms with van der Waals surface area (Å²) < 4.78 is 4.72. The number of nitrogens with one attached hydrogen (secondary N) is 1. The molecule has 0 bridgehead atoms. The smallest absolute Gasteiger partial charge is 0.411 e. The Morgan fingerprint density at radius 3 is 2.41 bits per heavy atom. The molecule has 22 heavy (non-hydrogen) atoms. The highest BCUT2D eigenvalue weighted by atomic mass is 16.5. The maximum Gasteiger partial charge on any atom is 0.411 e. The SMILES string of the molecule is COC(=O)Nc1c(C(N)c2ccccc2)cccc1N(C)C. The first-order valence-electron chi connectivity index (χ1n) is 7.00. The van der Waals surface area contributed by atoms with Crippen molar-refractivity contribution in [1.29, 1.82) is 0 Å². The average Bonchev–Trinajstić information content (AvgIpc) is 2.54. The molecule has 2 aromatic rings. The molecule has 0 spiro atoms. The monoisotopic (exact) mass is 299 g/mol. The molecule has 0 aromatic heterocycles. The molecule has 0 saturated heterocycles. The van der Waals surface area contributed by atoms with E-state index in [1.807, 2.05) is 67.5 Å². The molecule has 1 unspecified atom stereocenters. The maximum atomic E-state index is 11.7. The lowest BCUT2D eigenvalue weighted by Crippen LogP contribution is -2.21. The third-order valence-corrected chi connectivity index (χ3v) is 3.46. The molecule has 0 aliphatic heterocycles. The van der Waals surface area contributed by atoms with Gasteiger partial charge in [0.2, 0.25) is 0 Å². The first-order valence-corrected chi connectivity index (χ1v) is 7.00. The fourth-order valence-corrected chi connectivity index (χ4v) is 2.32. The zero-order valence-electron chi connectivity index (χ0n) is 13.0. The lowest BCUT2D eigenvalue weighted by Gasteiger charge is -2.23. The van der Waals surface area contributed by atoms with Gasteiger partial charge >= 0.3 is 6.09 Å². The van der Waals surface area contributed by atoms with Crippen molar-refractivity contribution < 1.29 is 9.53 Å². The van der Waals surface area contributed by atoms with Crippen LogP contribution in [0.25, 0.3) is 0 Å². The van der Waals surface area contributed by atoms with Crippen LogP contribution in [0.15, 0.2) is 48.5 Å². The van der Waals surface area contributed by atoms with Crippen molar-refractivity contribution in [2.45, 2.75) is 6.04 Å². The van der Waals surface area contributed by atoms with Gasteiger partial charge in [0, 0.05) is 14.1 Å². The Labute approximate surface area is 130 Å². The molecule has 0 aliphatic carbocycles. The molecule has 0 radical (unpaired) electrons. The summed E-state index contributed by atoms with van der Waals surface area (Å²) in [5.41, 5.74) is 9.74. The minimum Gasteiger partial charge on any atom is -0.453 e. The van der Waals surface area contributed by atoms with E-state index >= 15 is 0 Å². The molecule has 5 nitrogen and oxygen atoms in total. The van der Waals surface area contributed by atoms with Gasteiger partial charge in [-0.3, -0.25) is 5.32 Å². The molecule has 0 saturated carbocycles. The standard InChI is InChI=1S/C17H21N3O2/c1-20(2)14-11-7-10-13(16(14)19-17(21)22-3)15(18)12-8-5-4-6-9-12/h4-11,15H,18H2,1-3H3,(H,19,21). The Morgan fingerprint density at radius 2 is 1.82 bits per heavy atom. The van der Waals surface area contributed by atoms with Crippen molar-refractivity contribution in [2.75, 3.05) is 31.4 Å². The summed E-state index contributed by atoms with van der Waals surface area (Å²) in [4.78, 5) is 13.6. The van der Waals surface area contributed by atoms with Gasteiger partial charge in [0.25, 0.3) is 0 Å². The van der Waals surface area contributed by atoms with Crippen LogP contribution in [0.1, 0.15) is 17.2 Å². The van der Waals surface area contributed by atoms with Crippen LogP contribution in [0.2, 0.25) is 0 Å². The number of benzene rings is 2. The van der Waals surface area contributed by atoms with Crippen molar-refractivity contribution in [2.24, 2.45) is 5.73 Å². The second-order valence-corrected chi connectivity index (χ2v) is 5.14. The number of methoxy groups -OCH3 is 1. The van der Waals surface area contributed by atoms with Crippen LogP contribution in [0.3, 0.4) is 0 Å². The van der Waals surface area contributed by atoms with Crippen LogP contribution < -0.4 is 16.0 Å². The topological polar surface area (TPSA) is 67.6 Å². The highest BCUT2D eigenvalue weighted by molar-refractivity contribution is 5.91. The molecule has 0 fully saturated rings. The van der Waals surface area contributed by atoms with E-state index in [9.17, 15) is 4.79 Å². The van der Waals surface area contributed by atoms with E-state index in [1.165, 1.54) is 7.11 Å². The number of rotatable bonds is 4. The average molecular weight is 299 g/mol. The largest absolute Gasteiger partial charge is 0.453 e. The zero-order valence-corrected chi connectivity index (χ0v) is 13.0. The van der Waals surface area contributed by atoms with Crippen molar-refractivity contribution in [3.05, 3.63) is 59.7 Å². The fraction of sp³-hybridized carbons (Fsp3) is 0.235. The summed E-state index contributed by atoms with van der Waals surface area (Å²) in [6, 6.07) is 15.2. The van der Waals surface area contributed by atoms with E-state index in [1.54, 1.807) is 0 Å². The van der Waals surface area contributed by atoms with Gasteiger partial charge in [0.1, 0.15) is 0 Å². The summed E-state index contributed by atoms with van der Waals surface area (Å²) in [6.07, 6.45) is -0.518. The van der Waals surface area contributed by atoms with Gasteiger partial charge in [-0.2, -0.15) is 0 Å². The van der Waals surface area contributed by atoms with Gasteiger partial charge in [-0.05, 0) is 17.2 Å². The van der Waals surface area contributed by atoms with E-state index in [-0.39, 0.29) is 6.04 Å². The van der Waals surface area contributed by atoms with Crippen LogP contribution in [0.4, 0.5) is 16.2 Å². The molecule has 1 atom stereocenters. The second kappa shape index (κ2) is 6.95. The van der Waals surface area contributed by atoms with Crippen molar-refractivity contribution in [3.63, 3.8) is 0 Å². The van der Waals surface area contributed by atoms with Crippen LogP contribution >= 0.6 is 0 Å². The normalized spacial score (nSPS) is 11.6. The van der Waals surface area contributed by atoms with E-state index in [2.05, 4.69) is 5.32 Å². The summed E-state index contributed by atoms with van der Waals surface area (Å²) in [7, 11) is 5.16. The summed E-state index contributed by atoms with van der Waals surface area (Å²) >= 11 is 0. The third-order valence-electron chi connectivity index (χ3n) is 3.46. The Kier molecular flexibility index (Phi) is 5.01. The van der Waals surface area contributed by atoms with Crippen molar-refractivity contribution in [1.82, 2.24) is 0 Å². The van der Waals surface area contributed by atoms with Crippen LogP contribution in [0, 0.1) is 0 Å². The molecular weight excluding hydrogens is 278 g/mol. The number of para-hydroxylation sites is 1. The number of carbonyl (C=O) groups excluding carboxylic acids is 1. The Hall–Kier alpha value is -2.53. The van der Waals surface area contributed by atoms with Gasteiger partial charge in [0.05, 0.1) is 24.5 Å². The highest BCUT2D eigenvalue weighted by Gasteiger charge is 2.18. The van der Waals surface area contributed by atoms with Crippen LogP contribution in [-0.2, 0) is 4.74 Å². The first kappa shape index (κ1) is 15.9. The molecule has 5 heteroatoms. The number of ether oxygens (including phenoxy) is 1. The van der Waals surface area contributed by atoms with Crippen molar-refractivity contribution in [3.8, 4) is 0 Å². The predicted octanol–water partition coefficient (Wildman–Crippen LogP) is 2.98. The number of amides is 1. The first-order chi connectivity index (χ1) is 10.5. The summed E-state index contributed by atoms with van der Waals surface area (Å²) in [6.45, 7) is 0. The molecule has 1 amide bonds. The lowest BCUT2D eigenvalue weighted by atomic mass is 9.97. The summed E-state index contributed by atoms with van der Waals surface area (Å²) in [5, 5.41) is 2.78. The van der Waals surface area contributed by atoms with E-state index in [4.69, 9.17) is 10.5 Å². The lowest BCUT2D eigenvalue weighted by molar-refractivity contribution is 0.187. The van der Waals surface area contributed by atoms with Crippen molar-refractivity contribution >= 4 is 17.5 Å². The number of nitrogens with zero attached hydrogens (tertiary/aromatic N) is 1. The zero-order chi connectivity index (χ0) is 16.1. The van der Waals surface area contributed by atoms with E-state index in [0.717, 1.165) is 16.8 Å². The van der Waals surface area contributed by atoms with Gasteiger partial charge in [-0.1, -0.05) is 42.5 Å². The van der Waals surface area contributed by atoms with Gasteiger partial charge in [0.15, 0.2) is 0 Å². The van der Waals surface area contributed by atoms with Gasteiger partial charge < -0.3 is 15.4 Å². The summed E-state index contributed by atoms with van der Waals surface area (Å²) in [5.74, 6) is 0. The van der Waals surface area contributed by atoms with Crippen LogP contribution in [0.5, 0.6) is 0 Å². The Bertz CT molecular complexity index is 642. The fourth-order valence-electron chi connectivity index (χ4n) is 2.32. The molecule has 0 heterocycles. The Morgan fingerprint density at radius 1 is 1.14 bits per heavy atom. The molecular formula is C17H21N3O2.